The van der Waals surface area contributed by atoms with Gasteiger partial charge in [0.05, 0.1) is 13.2 Å². The largest absolute Gasteiger partial charge is 0.463 e. The molecule has 0 aliphatic rings. The van der Waals surface area contributed by atoms with Gasteiger partial charge in [0, 0.05) is 12.2 Å². The summed E-state index contributed by atoms with van der Waals surface area (Å²) in [7, 11) is 0. The molecule has 0 aromatic heterocycles. The van der Waals surface area contributed by atoms with Crippen LogP contribution < -0.4 is 0 Å². The van der Waals surface area contributed by atoms with Crippen molar-refractivity contribution >= 4 is 24.1 Å². The highest BCUT2D eigenvalue weighted by Gasteiger charge is 1.99. The van der Waals surface area contributed by atoms with Crippen LogP contribution in [-0.4, -0.2) is 25.2 Å². The lowest BCUT2D eigenvalue weighted by Crippen LogP contribution is -1.99. The number of benzene rings is 1. The average molecular weight is 274 g/mol. The second-order valence-corrected chi connectivity index (χ2v) is 3.80. The molecule has 1 aromatic rings. The van der Waals surface area contributed by atoms with Crippen LogP contribution in [0.2, 0.25) is 0 Å². The zero-order valence-corrected chi connectivity index (χ0v) is 11.7. The number of hydrogen-bond acceptors (Lipinski definition) is 4. The Kier molecular flexibility index (Phi) is 6.82. The molecule has 0 heterocycles. The molecular formula is C16H18O4. The van der Waals surface area contributed by atoms with E-state index in [0.717, 1.165) is 11.1 Å². The first-order valence-corrected chi connectivity index (χ1v) is 6.46. The number of esters is 2. The lowest BCUT2D eigenvalue weighted by atomic mass is 10.1. The SMILES string of the molecule is CCOC(=O)C=Cc1ccccc1/C=C/C(=O)OCC. The molecule has 20 heavy (non-hydrogen) atoms. The highest BCUT2D eigenvalue weighted by Crippen LogP contribution is 2.13. The Morgan fingerprint density at radius 1 is 0.900 bits per heavy atom. The zero-order chi connectivity index (χ0) is 14.8. The second kappa shape index (κ2) is 8.69. The van der Waals surface area contributed by atoms with Gasteiger partial charge in [0.25, 0.3) is 0 Å². The fourth-order valence-corrected chi connectivity index (χ4v) is 1.51. The molecule has 0 saturated heterocycles. The van der Waals surface area contributed by atoms with Crippen LogP contribution in [-0.2, 0) is 19.1 Å². The number of carbonyl (C=O) groups excluding carboxylic acids is 2. The summed E-state index contributed by atoms with van der Waals surface area (Å²) in [5, 5.41) is 0. The van der Waals surface area contributed by atoms with Crippen LogP contribution in [0.15, 0.2) is 36.4 Å². The lowest BCUT2D eigenvalue weighted by Gasteiger charge is -2.01. The Bertz CT molecular complexity index is 468. The van der Waals surface area contributed by atoms with Crippen LogP contribution in [0.1, 0.15) is 25.0 Å². The van der Waals surface area contributed by atoms with E-state index in [9.17, 15) is 9.59 Å². The maximum Gasteiger partial charge on any atom is 0.330 e. The molecule has 0 fully saturated rings. The molecule has 0 amide bonds. The molecule has 0 aliphatic heterocycles. The number of hydrogen-bond donors (Lipinski definition) is 0. The molecule has 0 atom stereocenters. The van der Waals surface area contributed by atoms with E-state index in [2.05, 4.69) is 0 Å². The first-order valence-electron chi connectivity index (χ1n) is 6.46. The van der Waals surface area contributed by atoms with Crippen molar-refractivity contribution in [3.8, 4) is 0 Å². The van der Waals surface area contributed by atoms with E-state index in [1.54, 1.807) is 26.0 Å². The van der Waals surface area contributed by atoms with Crippen molar-refractivity contribution in [2.45, 2.75) is 13.8 Å². The van der Waals surface area contributed by atoms with Crippen molar-refractivity contribution in [2.24, 2.45) is 0 Å². The first kappa shape index (κ1) is 15.7. The summed E-state index contributed by atoms with van der Waals surface area (Å²) in [4.78, 5) is 22.6. The van der Waals surface area contributed by atoms with Crippen molar-refractivity contribution in [1.29, 1.82) is 0 Å². The third-order valence-corrected chi connectivity index (χ3v) is 2.37. The molecule has 106 valence electrons. The van der Waals surface area contributed by atoms with Gasteiger partial charge in [-0.1, -0.05) is 24.3 Å². The minimum absolute atomic E-state index is 0.341. The van der Waals surface area contributed by atoms with Crippen molar-refractivity contribution in [2.75, 3.05) is 13.2 Å². The maximum absolute atomic E-state index is 11.3. The van der Waals surface area contributed by atoms with Gasteiger partial charge in [-0.2, -0.15) is 0 Å². The number of carbonyl (C=O) groups is 2. The van der Waals surface area contributed by atoms with E-state index in [0.29, 0.717) is 13.2 Å². The van der Waals surface area contributed by atoms with Gasteiger partial charge in [-0.25, -0.2) is 9.59 Å². The Labute approximate surface area is 118 Å². The molecule has 0 unspecified atom stereocenters. The van der Waals surface area contributed by atoms with Gasteiger partial charge in [0.15, 0.2) is 0 Å². The summed E-state index contributed by atoms with van der Waals surface area (Å²) in [6, 6.07) is 7.40. The minimum atomic E-state index is -0.392. The standard InChI is InChI=1S/C16H18O4/c1-3-19-15(17)11-9-13-7-5-6-8-14(13)10-12-16(18)20-4-2/h5-12H,3-4H2,1-2H3/b11-9+,12-10?. The van der Waals surface area contributed by atoms with E-state index in [1.807, 2.05) is 24.3 Å². The molecule has 0 N–H and O–H groups in total. The van der Waals surface area contributed by atoms with Gasteiger partial charge in [0.2, 0.25) is 0 Å². The van der Waals surface area contributed by atoms with Crippen LogP contribution >= 0.6 is 0 Å². The number of rotatable bonds is 6. The smallest absolute Gasteiger partial charge is 0.330 e. The molecule has 0 spiro atoms. The van der Waals surface area contributed by atoms with Gasteiger partial charge < -0.3 is 9.47 Å². The minimum Gasteiger partial charge on any atom is -0.463 e. The quantitative estimate of drug-likeness (QED) is 0.591. The summed E-state index contributed by atoms with van der Waals surface area (Å²) in [6.07, 6.45) is 6.03. The summed E-state index contributed by atoms with van der Waals surface area (Å²) < 4.78 is 9.63. The van der Waals surface area contributed by atoms with Gasteiger partial charge >= 0.3 is 11.9 Å². The average Bonchev–Trinajstić information content (AvgIpc) is 2.44. The summed E-state index contributed by atoms with van der Waals surface area (Å²) in [5.74, 6) is -0.784. The third kappa shape index (κ3) is 5.52. The van der Waals surface area contributed by atoms with Gasteiger partial charge in [-0.05, 0) is 37.1 Å². The third-order valence-electron chi connectivity index (χ3n) is 2.37. The van der Waals surface area contributed by atoms with Crippen LogP contribution in [0, 0.1) is 0 Å². The lowest BCUT2D eigenvalue weighted by molar-refractivity contribution is -0.138. The topological polar surface area (TPSA) is 52.6 Å². The highest BCUT2D eigenvalue weighted by molar-refractivity contribution is 5.90. The molecular weight excluding hydrogens is 256 g/mol. The van der Waals surface area contributed by atoms with E-state index in [-0.39, 0.29) is 0 Å². The van der Waals surface area contributed by atoms with Gasteiger partial charge in [0.1, 0.15) is 0 Å². The fourth-order valence-electron chi connectivity index (χ4n) is 1.51. The van der Waals surface area contributed by atoms with Crippen LogP contribution in [0.4, 0.5) is 0 Å². The predicted octanol–water partition coefficient (Wildman–Crippen LogP) is 2.84. The second-order valence-electron chi connectivity index (χ2n) is 3.80. The highest BCUT2D eigenvalue weighted by atomic mass is 16.5. The van der Waals surface area contributed by atoms with E-state index < -0.39 is 11.9 Å². The van der Waals surface area contributed by atoms with E-state index in [1.165, 1.54) is 12.2 Å². The normalized spacial score (nSPS) is 10.9. The molecule has 0 saturated carbocycles. The van der Waals surface area contributed by atoms with Crippen molar-refractivity contribution in [1.82, 2.24) is 0 Å². The molecule has 0 aliphatic carbocycles. The summed E-state index contributed by atoms with van der Waals surface area (Å²) in [6.45, 7) is 4.19. The van der Waals surface area contributed by atoms with Gasteiger partial charge in [-0.3, -0.25) is 0 Å². The molecule has 1 aromatic carbocycles. The van der Waals surface area contributed by atoms with Crippen LogP contribution in [0.25, 0.3) is 12.2 Å². The fraction of sp³-hybridized carbons (Fsp3) is 0.250. The van der Waals surface area contributed by atoms with Crippen molar-refractivity contribution in [3.63, 3.8) is 0 Å². The number of ether oxygens (including phenoxy) is 2. The monoisotopic (exact) mass is 274 g/mol. The Morgan fingerprint density at radius 3 is 1.65 bits per heavy atom. The van der Waals surface area contributed by atoms with Crippen molar-refractivity contribution < 1.29 is 19.1 Å². The maximum atomic E-state index is 11.3. The molecule has 0 bridgehead atoms. The summed E-state index contributed by atoms with van der Waals surface area (Å²) >= 11 is 0. The Hall–Kier alpha value is -2.36. The van der Waals surface area contributed by atoms with Gasteiger partial charge in [-0.15, -0.1) is 0 Å². The molecule has 4 nitrogen and oxygen atoms in total. The first-order chi connectivity index (χ1) is 9.67. The molecule has 1 rings (SSSR count). The zero-order valence-electron chi connectivity index (χ0n) is 11.7. The Balaban J connectivity index is 2.83. The van der Waals surface area contributed by atoms with Crippen LogP contribution in [0.5, 0.6) is 0 Å². The van der Waals surface area contributed by atoms with Crippen molar-refractivity contribution in [3.05, 3.63) is 47.5 Å². The van der Waals surface area contributed by atoms with Crippen LogP contribution in [0.3, 0.4) is 0 Å². The van der Waals surface area contributed by atoms with E-state index >= 15 is 0 Å². The predicted molar refractivity (Wildman–Crippen MR) is 77.8 cm³/mol. The molecule has 4 heteroatoms. The summed E-state index contributed by atoms with van der Waals surface area (Å²) in [5.41, 5.74) is 1.64. The van der Waals surface area contributed by atoms with E-state index in [4.69, 9.17) is 9.47 Å². The molecule has 0 radical (unpaired) electrons. The Morgan fingerprint density at radius 2 is 1.30 bits per heavy atom.